The third-order valence-electron chi connectivity index (χ3n) is 6.14. The van der Waals surface area contributed by atoms with Crippen molar-refractivity contribution in [2.24, 2.45) is 0 Å². The number of aromatic nitrogens is 2. The van der Waals surface area contributed by atoms with Gasteiger partial charge in [-0.3, -0.25) is 9.59 Å². The molecular weight excluding hydrogens is 585 g/mol. The second kappa shape index (κ2) is 12.6. The fourth-order valence-corrected chi connectivity index (χ4v) is 4.97. The number of hydrogen-bond donors (Lipinski definition) is 2. The zero-order valence-corrected chi connectivity index (χ0v) is 24.3. The van der Waals surface area contributed by atoms with Gasteiger partial charge in [0.25, 0.3) is 5.91 Å². The summed E-state index contributed by atoms with van der Waals surface area (Å²) in [4.78, 5) is 46.2. The summed E-state index contributed by atoms with van der Waals surface area (Å²) in [5.41, 5.74) is 0.481. The molecule has 0 bridgehead atoms. The van der Waals surface area contributed by atoms with Gasteiger partial charge in [-0.15, -0.1) is 11.3 Å². The predicted octanol–water partition coefficient (Wildman–Crippen LogP) is 6.96. The van der Waals surface area contributed by atoms with Crippen LogP contribution in [0.1, 0.15) is 63.9 Å². The number of carbonyl (C=O) groups excluding carboxylic acids is 2. The molecule has 224 valence electrons. The first kappa shape index (κ1) is 31.2. The molecular formula is C30H27F3N4O5S. The molecule has 0 spiro atoms. The van der Waals surface area contributed by atoms with Gasteiger partial charge in [0.05, 0.1) is 16.9 Å². The SMILES string of the molecule is CC(=O)Nc1nc(Cc2cnc(Oc3ccc(N(C(=O)c4ccc(C)cc4)C(C)C)c(C(=O)O)c3)c(C(F)(F)F)c2)cs1. The molecule has 2 aromatic heterocycles. The van der Waals surface area contributed by atoms with Gasteiger partial charge in [0, 0.05) is 36.5 Å². The Labute approximate surface area is 249 Å². The first-order valence-corrected chi connectivity index (χ1v) is 13.8. The lowest BCUT2D eigenvalue weighted by Crippen LogP contribution is -2.38. The van der Waals surface area contributed by atoms with E-state index in [4.69, 9.17) is 4.74 Å². The van der Waals surface area contributed by atoms with Crippen LogP contribution in [0.4, 0.5) is 24.0 Å². The quantitative estimate of drug-likeness (QED) is 0.210. The fraction of sp³-hybridized carbons (Fsp3) is 0.233. The van der Waals surface area contributed by atoms with E-state index < -0.39 is 35.5 Å². The van der Waals surface area contributed by atoms with Crippen molar-refractivity contribution in [2.75, 3.05) is 10.2 Å². The summed E-state index contributed by atoms with van der Waals surface area (Å²) in [6.45, 7) is 6.62. The molecule has 43 heavy (non-hydrogen) atoms. The molecule has 0 saturated heterocycles. The number of nitrogens with zero attached hydrogens (tertiary/aromatic N) is 3. The van der Waals surface area contributed by atoms with E-state index in [1.54, 1.807) is 43.5 Å². The highest BCUT2D eigenvalue weighted by atomic mass is 32.1. The molecule has 9 nitrogen and oxygen atoms in total. The number of carboxylic acids is 1. The maximum Gasteiger partial charge on any atom is 0.421 e. The van der Waals surface area contributed by atoms with Crippen LogP contribution in [0.3, 0.4) is 0 Å². The van der Waals surface area contributed by atoms with E-state index in [0.717, 1.165) is 29.0 Å². The largest absolute Gasteiger partial charge is 0.478 e. The van der Waals surface area contributed by atoms with Gasteiger partial charge in [0.2, 0.25) is 11.8 Å². The van der Waals surface area contributed by atoms with E-state index >= 15 is 0 Å². The zero-order chi connectivity index (χ0) is 31.5. The van der Waals surface area contributed by atoms with E-state index in [1.165, 1.54) is 30.2 Å². The molecule has 13 heteroatoms. The molecule has 4 aromatic rings. The lowest BCUT2D eigenvalue weighted by atomic mass is 10.1. The van der Waals surface area contributed by atoms with Crippen LogP contribution >= 0.6 is 11.3 Å². The molecule has 2 N–H and O–H groups in total. The number of aromatic carboxylic acids is 1. The average molecular weight is 613 g/mol. The Bertz CT molecular complexity index is 1670. The fourth-order valence-electron chi connectivity index (χ4n) is 4.21. The Hall–Kier alpha value is -4.78. The van der Waals surface area contributed by atoms with Crippen LogP contribution in [-0.2, 0) is 17.4 Å². The monoisotopic (exact) mass is 612 g/mol. The number of carbonyl (C=O) groups is 3. The Balaban J connectivity index is 1.65. The molecule has 0 aliphatic rings. The Morgan fingerprint density at radius 3 is 2.40 bits per heavy atom. The Kier molecular flexibility index (Phi) is 9.14. The number of alkyl halides is 3. The molecule has 2 amide bonds. The third-order valence-corrected chi connectivity index (χ3v) is 6.95. The van der Waals surface area contributed by atoms with Gasteiger partial charge >= 0.3 is 12.1 Å². The first-order chi connectivity index (χ1) is 20.2. The van der Waals surface area contributed by atoms with Crippen LogP contribution in [0.15, 0.2) is 60.1 Å². The maximum absolute atomic E-state index is 14.0. The van der Waals surface area contributed by atoms with Crippen molar-refractivity contribution in [3.05, 3.63) is 93.6 Å². The summed E-state index contributed by atoms with van der Waals surface area (Å²) in [5.74, 6) is -3.14. The lowest BCUT2D eigenvalue weighted by molar-refractivity contribution is -0.139. The van der Waals surface area contributed by atoms with Crippen molar-refractivity contribution in [2.45, 2.75) is 46.3 Å². The third kappa shape index (κ3) is 7.55. The van der Waals surface area contributed by atoms with Gasteiger partial charge in [-0.1, -0.05) is 17.7 Å². The summed E-state index contributed by atoms with van der Waals surface area (Å²) in [6, 6.07) is 10.9. The van der Waals surface area contributed by atoms with Crippen molar-refractivity contribution in [1.82, 2.24) is 9.97 Å². The van der Waals surface area contributed by atoms with Crippen LogP contribution in [0.2, 0.25) is 0 Å². The van der Waals surface area contributed by atoms with Gasteiger partial charge < -0.3 is 20.1 Å². The van der Waals surface area contributed by atoms with Crippen molar-refractivity contribution < 1.29 is 37.4 Å². The van der Waals surface area contributed by atoms with E-state index in [9.17, 15) is 32.7 Å². The molecule has 0 aliphatic carbocycles. The number of carboxylic acid groups (broad SMARTS) is 1. The standard InChI is InChI=1S/C30H27F3N4O5S/c1-16(2)37(27(39)20-7-5-17(3)6-8-20)25-10-9-22(13-23(25)28(40)41)42-26-24(30(31,32)33)12-19(14-34-26)11-21-15-43-29(36-21)35-18(4)38/h5-10,12-16H,11H2,1-4H3,(H,40,41)(H,35,36,38). The topological polar surface area (TPSA) is 122 Å². The lowest BCUT2D eigenvalue weighted by Gasteiger charge is -2.28. The Morgan fingerprint density at radius 1 is 1.09 bits per heavy atom. The van der Waals surface area contributed by atoms with E-state index in [0.29, 0.717) is 16.4 Å². The van der Waals surface area contributed by atoms with Crippen LogP contribution in [0.25, 0.3) is 0 Å². The Morgan fingerprint density at radius 2 is 1.79 bits per heavy atom. The number of rotatable bonds is 9. The number of halogens is 3. The summed E-state index contributed by atoms with van der Waals surface area (Å²) >= 11 is 1.14. The summed E-state index contributed by atoms with van der Waals surface area (Å²) in [7, 11) is 0. The van der Waals surface area contributed by atoms with Crippen LogP contribution in [0, 0.1) is 6.92 Å². The smallest absolute Gasteiger partial charge is 0.421 e. The highest BCUT2D eigenvalue weighted by molar-refractivity contribution is 7.13. The zero-order valence-electron chi connectivity index (χ0n) is 23.5. The number of nitrogens with one attached hydrogen (secondary N) is 1. The van der Waals surface area contributed by atoms with Crippen molar-refractivity contribution in [3.8, 4) is 11.6 Å². The maximum atomic E-state index is 14.0. The van der Waals surface area contributed by atoms with Crippen molar-refractivity contribution in [3.63, 3.8) is 0 Å². The van der Waals surface area contributed by atoms with Crippen molar-refractivity contribution >= 4 is 39.9 Å². The van der Waals surface area contributed by atoms with Gasteiger partial charge in [-0.05, 0) is 62.7 Å². The molecule has 0 radical (unpaired) electrons. The first-order valence-electron chi connectivity index (χ1n) is 13.0. The number of ether oxygens (including phenoxy) is 1. The molecule has 4 rings (SSSR count). The van der Waals surface area contributed by atoms with Gasteiger partial charge in [0.15, 0.2) is 5.13 Å². The van der Waals surface area contributed by atoms with Crippen molar-refractivity contribution in [1.29, 1.82) is 0 Å². The predicted molar refractivity (Wildman–Crippen MR) is 155 cm³/mol. The molecule has 2 heterocycles. The minimum absolute atomic E-state index is 0.0182. The number of benzene rings is 2. The van der Waals surface area contributed by atoms with Gasteiger partial charge in [-0.2, -0.15) is 13.2 Å². The van der Waals surface area contributed by atoms with Crippen LogP contribution in [-0.4, -0.2) is 38.9 Å². The minimum Gasteiger partial charge on any atom is -0.478 e. The van der Waals surface area contributed by atoms with E-state index in [-0.39, 0.29) is 34.9 Å². The normalized spacial score (nSPS) is 11.3. The number of anilines is 2. The highest BCUT2D eigenvalue weighted by Gasteiger charge is 2.36. The van der Waals surface area contributed by atoms with Gasteiger partial charge in [-0.25, -0.2) is 14.8 Å². The number of thiazole rings is 1. The van der Waals surface area contributed by atoms with E-state index in [2.05, 4.69) is 15.3 Å². The van der Waals surface area contributed by atoms with Gasteiger partial charge in [0.1, 0.15) is 11.3 Å². The molecule has 0 unspecified atom stereocenters. The highest BCUT2D eigenvalue weighted by Crippen LogP contribution is 2.39. The summed E-state index contributed by atoms with van der Waals surface area (Å²) < 4.78 is 47.6. The number of amides is 2. The molecule has 2 aromatic carbocycles. The number of hydrogen-bond acceptors (Lipinski definition) is 7. The molecule has 0 atom stereocenters. The number of pyridine rings is 1. The second-order valence-electron chi connectivity index (χ2n) is 9.92. The van der Waals surface area contributed by atoms with Crippen LogP contribution in [0.5, 0.6) is 11.6 Å². The van der Waals surface area contributed by atoms with E-state index in [1.807, 2.05) is 6.92 Å². The average Bonchev–Trinajstić information content (AvgIpc) is 3.35. The summed E-state index contributed by atoms with van der Waals surface area (Å²) in [6.07, 6.45) is -3.62. The summed E-state index contributed by atoms with van der Waals surface area (Å²) in [5, 5.41) is 14.4. The molecule has 0 saturated carbocycles. The minimum atomic E-state index is -4.84. The molecule has 0 fully saturated rings. The second-order valence-corrected chi connectivity index (χ2v) is 10.8. The van der Waals surface area contributed by atoms with Crippen LogP contribution < -0.4 is 15.0 Å². The number of aryl methyl sites for hydroxylation is 1. The molecule has 0 aliphatic heterocycles.